The monoisotopic (exact) mass is 284 g/mol. The molecule has 0 atom stereocenters. The Kier molecular flexibility index (Phi) is 11.8. The topological polar surface area (TPSA) is 54.0 Å². The van der Waals surface area contributed by atoms with Gasteiger partial charge in [0.15, 0.2) is 0 Å². The lowest BCUT2D eigenvalue weighted by molar-refractivity contribution is -0.146. The van der Waals surface area contributed by atoms with Gasteiger partial charge in [0.05, 0.1) is 40.1 Å². The van der Waals surface area contributed by atoms with Gasteiger partial charge in [-0.1, -0.05) is 15.9 Å². The summed E-state index contributed by atoms with van der Waals surface area (Å²) in [6, 6.07) is 0. The van der Waals surface area contributed by atoms with Crippen LogP contribution < -0.4 is 0 Å². The van der Waals surface area contributed by atoms with Crippen molar-refractivity contribution >= 4 is 21.9 Å². The van der Waals surface area contributed by atoms with E-state index in [9.17, 15) is 4.79 Å². The Morgan fingerprint density at radius 1 is 1.00 bits per heavy atom. The summed E-state index contributed by atoms with van der Waals surface area (Å²) in [5, 5.41) is 0.829. The lowest BCUT2D eigenvalue weighted by atomic mass is 10.7. The predicted octanol–water partition coefficient (Wildman–Crippen LogP) is 0.604. The quantitative estimate of drug-likeness (QED) is 0.334. The Morgan fingerprint density at radius 3 is 2.07 bits per heavy atom. The molecule has 0 amide bonds. The van der Waals surface area contributed by atoms with E-state index in [1.807, 2.05) is 0 Å². The number of halogens is 1. The second-order valence-electron chi connectivity index (χ2n) is 2.54. The zero-order valence-corrected chi connectivity index (χ0v) is 10.5. The third-order valence-corrected chi connectivity index (χ3v) is 1.74. The average Bonchev–Trinajstić information content (AvgIpc) is 2.26. The Hall–Kier alpha value is -0.170. The molecule has 0 aliphatic heterocycles. The summed E-state index contributed by atoms with van der Waals surface area (Å²) in [6.45, 7) is 2.60. The summed E-state index contributed by atoms with van der Waals surface area (Å²) in [4.78, 5) is 10.6. The molecule has 0 saturated heterocycles. The summed E-state index contributed by atoms with van der Waals surface area (Å²) < 4.78 is 19.7. The fourth-order valence-electron chi connectivity index (χ4n) is 0.709. The normalized spacial score (nSPS) is 10.3. The summed E-state index contributed by atoms with van der Waals surface area (Å²) in [5.74, 6) is -0.379. The van der Waals surface area contributed by atoms with Crippen LogP contribution in [0.3, 0.4) is 0 Å². The van der Waals surface area contributed by atoms with E-state index in [2.05, 4.69) is 20.7 Å². The largest absolute Gasteiger partial charge is 0.467 e. The van der Waals surface area contributed by atoms with Crippen molar-refractivity contribution in [1.29, 1.82) is 0 Å². The average molecular weight is 285 g/mol. The Labute approximate surface area is 98.1 Å². The maximum atomic E-state index is 10.6. The third-order valence-electron chi connectivity index (χ3n) is 1.41. The Balaban J connectivity index is 2.95. The first-order valence-electron chi connectivity index (χ1n) is 4.67. The Morgan fingerprint density at radius 2 is 1.53 bits per heavy atom. The smallest absolute Gasteiger partial charge is 0.331 e. The van der Waals surface area contributed by atoms with Crippen molar-refractivity contribution in [3.8, 4) is 0 Å². The number of methoxy groups -OCH3 is 1. The first-order valence-corrected chi connectivity index (χ1v) is 5.79. The van der Waals surface area contributed by atoms with Crippen molar-refractivity contribution in [3.63, 3.8) is 0 Å². The molecule has 0 rings (SSSR count). The van der Waals surface area contributed by atoms with E-state index in [1.54, 1.807) is 0 Å². The highest BCUT2D eigenvalue weighted by Gasteiger charge is 1.98. The molecule has 0 aliphatic carbocycles. The van der Waals surface area contributed by atoms with Crippen molar-refractivity contribution in [1.82, 2.24) is 0 Å². The van der Waals surface area contributed by atoms with Gasteiger partial charge in [-0.25, -0.2) is 4.79 Å². The number of alkyl halides is 1. The van der Waals surface area contributed by atoms with Gasteiger partial charge >= 0.3 is 5.97 Å². The van der Waals surface area contributed by atoms with Crippen LogP contribution in [0, 0.1) is 0 Å². The zero-order valence-electron chi connectivity index (χ0n) is 8.87. The van der Waals surface area contributed by atoms with Gasteiger partial charge in [0.2, 0.25) is 0 Å². The van der Waals surface area contributed by atoms with Gasteiger partial charge in [0, 0.05) is 5.33 Å². The van der Waals surface area contributed by atoms with Gasteiger partial charge in [-0.3, -0.25) is 0 Å². The summed E-state index contributed by atoms with van der Waals surface area (Å²) in [7, 11) is 1.32. The van der Waals surface area contributed by atoms with Gasteiger partial charge in [0.1, 0.15) is 6.61 Å². The van der Waals surface area contributed by atoms with Crippen molar-refractivity contribution in [2.45, 2.75) is 0 Å². The van der Waals surface area contributed by atoms with Gasteiger partial charge in [-0.05, 0) is 0 Å². The maximum Gasteiger partial charge on any atom is 0.331 e. The van der Waals surface area contributed by atoms with E-state index in [0.29, 0.717) is 33.0 Å². The molecule has 0 aromatic heterocycles. The molecule has 0 radical (unpaired) electrons. The molecular formula is C9H17BrO5. The van der Waals surface area contributed by atoms with Crippen molar-refractivity contribution in [2.24, 2.45) is 0 Å². The number of rotatable bonds is 10. The predicted molar refractivity (Wildman–Crippen MR) is 58.3 cm³/mol. The number of carbonyl (C=O) groups is 1. The SMILES string of the molecule is COC(=O)COCCOCCOCCBr. The van der Waals surface area contributed by atoms with E-state index in [0.717, 1.165) is 5.33 Å². The minimum absolute atomic E-state index is 0.0278. The van der Waals surface area contributed by atoms with E-state index in [-0.39, 0.29) is 12.6 Å². The number of hydrogen-bond donors (Lipinski definition) is 0. The minimum atomic E-state index is -0.379. The summed E-state index contributed by atoms with van der Waals surface area (Å²) in [6.07, 6.45) is 0. The van der Waals surface area contributed by atoms with Crippen LogP contribution in [-0.2, 0) is 23.7 Å². The van der Waals surface area contributed by atoms with Gasteiger partial charge in [0.25, 0.3) is 0 Å². The van der Waals surface area contributed by atoms with Crippen LogP contribution in [0.1, 0.15) is 0 Å². The van der Waals surface area contributed by atoms with Crippen LogP contribution in [0.5, 0.6) is 0 Å². The molecule has 0 aliphatic rings. The molecule has 0 fully saturated rings. The van der Waals surface area contributed by atoms with Gasteiger partial charge in [-0.15, -0.1) is 0 Å². The van der Waals surface area contributed by atoms with Crippen LogP contribution in [-0.4, -0.2) is 58.1 Å². The standard InChI is InChI=1S/C9H17BrO5/c1-12-9(11)8-15-7-6-14-5-4-13-3-2-10/h2-8H2,1H3. The Bertz CT molecular complexity index is 153. The molecule has 0 bridgehead atoms. The van der Waals surface area contributed by atoms with Gasteiger partial charge in [-0.2, -0.15) is 0 Å². The van der Waals surface area contributed by atoms with Crippen molar-refractivity contribution in [2.75, 3.05) is 52.1 Å². The number of hydrogen-bond acceptors (Lipinski definition) is 5. The van der Waals surface area contributed by atoms with Crippen molar-refractivity contribution < 1.29 is 23.7 Å². The second kappa shape index (κ2) is 11.9. The number of carbonyl (C=O) groups excluding carboxylic acids is 1. The highest BCUT2D eigenvalue weighted by atomic mass is 79.9. The lowest BCUT2D eigenvalue weighted by Crippen LogP contribution is -2.14. The molecular weight excluding hydrogens is 268 g/mol. The highest BCUT2D eigenvalue weighted by Crippen LogP contribution is 1.84. The van der Waals surface area contributed by atoms with E-state index in [1.165, 1.54) is 7.11 Å². The molecule has 0 heterocycles. The molecule has 90 valence electrons. The molecule has 0 spiro atoms. The molecule has 0 aromatic carbocycles. The van der Waals surface area contributed by atoms with Crippen LogP contribution >= 0.6 is 15.9 Å². The van der Waals surface area contributed by atoms with Crippen LogP contribution in [0.25, 0.3) is 0 Å². The highest BCUT2D eigenvalue weighted by molar-refractivity contribution is 9.09. The second-order valence-corrected chi connectivity index (χ2v) is 3.34. The third kappa shape index (κ3) is 11.8. The number of esters is 1. The number of ether oxygens (including phenoxy) is 4. The first-order chi connectivity index (χ1) is 7.31. The molecule has 15 heavy (non-hydrogen) atoms. The van der Waals surface area contributed by atoms with Crippen molar-refractivity contribution in [3.05, 3.63) is 0 Å². The zero-order chi connectivity index (χ0) is 11.4. The van der Waals surface area contributed by atoms with E-state index >= 15 is 0 Å². The summed E-state index contributed by atoms with van der Waals surface area (Å²) in [5.41, 5.74) is 0. The molecule has 0 N–H and O–H groups in total. The van der Waals surface area contributed by atoms with Gasteiger partial charge < -0.3 is 18.9 Å². The molecule has 5 nitrogen and oxygen atoms in total. The molecule has 6 heteroatoms. The minimum Gasteiger partial charge on any atom is -0.467 e. The fraction of sp³-hybridized carbons (Fsp3) is 0.889. The summed E-state index contributed by atoms with van der Waals surface area (Å²) >= 11 is 3.24. The van der Waals surface area contributed by atoms with Crippen LogP contribution in [0.2, 0.25) is 0 Å². The van der Waals surface area contributed by atoms with Crippen LogP contribution in [0.15, 0.2) is 0 Å². The van der Waals surface area contributed by atoms with Crippen LogP contribution in [0.4, 0.5) is 0 Å². The van der Waals surface area contributed by atoms with E-state index in [4.69, 9.17) is 14.2 Å². The lowest BCUT2D eigenvalue weighted by Gasteiger charge is -2.05. The fourth-order valence-corrected chi connectivity index (χ4v) is 0.938. The first kappa shape index (κ1) is 14.8. The molecule has 0 unspecified atom stereocenters. The van der Waals surface area contributed by atoms with E-state index < -0.39 is 0 Å². The molecule has 0 aromatic rings. The maximum absolute atomic E-state index is 10.6. The molecule has 0 saturated carbocycles.